The molecule has 0 N–H and O–H groups in total. The van der Waals surface area contributed by atoms with Crippen LogP contribution in [0.25, 0.3) is 0 Å². The predicted octanol–water partition coefficient (Wildman–Crippen LogP) is 6.20. The van der Waals surface area contributed by atoms with Crippen LogP contribution < -0.4 is 0 Å². The van der Waals surface area contributed by atoms with Crippen LogP contribution in [0.3, 0.4) is 0 Å². The highest BCUT2D eigenvalue weighted by atomic mass is 14.1. The van der Waals surface area contributed by atoms with E-state index in [1.165, 1.54) is 64.2 Å². The van der Waals surface area contributed by atoms with E-state index in [1.54, 1.807) is 0 Å². The SMILES string of the molecule is CCC(CC)CCCCCCCCC(C)C. The summed E-state index contributed by atoms with van der Waals surface area (Å²) in [5, 5.41) is 0. The second-order valence-corrected chi connectivity index (χ2v) is 5.78. The van der Waals surface area contributed by atoms with Gasteiger partial charge in [0.2, 0.25) is 0 Å². The smallest absolute Gasteiger partial charge is 0.0420 e. The van der Waals surface area contributed by atoms with Crippen LogP contribution in [-0.4, -0.2) is 0 Å². The Kier molecular flexibility index (Phi) is 11.5. The van der Waals surface area contributed by atoms with E-state index >= 15 is 0 Å². The van der Waals surface area contributed by atoms with Gasteiger partial charge in [0.1, 0.15) is 0 Å². The van der Waals surface area contributed by atoms with E-state index in [1.807, 2.05) is 0 Å². The highest BCUT2D eigenvalue weighted by Crippen LogP contribution is 2.18. The van der Waals surface area contributed by atoms with Gasteiger partial charge in [-0.05, 0) is 11.8 Å². The lowest BCUT2D eigenvalue weighted by atomic mass is 9.95. The fourth-order valence-electron chi connectivity index (χ4n) is 2.39. The van der Waals surface area contributed by atoms with Gasteiger partial charge in [0.25, 0.3) is 0 Å². The minimum Gasteiger partial charge on any atom is -0.0651 e. The zero-order valence-corrected chi connectivity index (χ0v) is 12.2. The maximum Gasteiger partial charge on any atom is -0.0420 e. The first-order valence-corrected chi connectivity index (χ1v) is 7.70. The van der Waals surface area contributed by atoms with Crippen molar-refractivity contribution in [2.24, 2.45) is 11.8 Å². The number of unbranched alkanes of at least 4 members (excludes halogenated alkanes) is 5. The summed E-state index contributed by atoms with van der Waals surface area (Å²) in [6.07, 6.45) is 14.4. The second-order valence-electron chi connectivity index (χ2n) is 5.78. The largest absolute Gasteiger partial charge is 0.0651 e. The molecule has 0 aromatic rings. The van der Waals surface area contributed by atoms with Gasteiger partial charge in [-0.3, -0.25) is 0 Å². The Labute approximate surface area is 104 Å². The number of hydrogen-bond acceptors (Lipinski definition) is 0. The summed E-state index contributed by atoms with van der Waals surface area (Å²) in [6.45, 7) is 9.32. The lowest BCUT2D eigenvalue weighted by molar-refractivity contribution is 0.425. The molecule has 0 unspecified atom stereocenters. The van der Waals surface area contributed by atoms with Crippen molar-refractivity contribution in [2.45, 2.75) is 91.9 Å². The van der Waals surface area contributed by atoms with Gasteiger partial charge in [-0.15, -0.1) is 0 Å². The first kappa shape index (κ1) is 16.0. The zero-order chi connectivity index (χ0) is 12.2. The zero-order valence-electron chi connectivity index (χ0n) is 12.2. The molecule has 0 heterocycles. The first-order chi connectivity index (χ1) is 7.70. The number of hydrogen-bond donors (Lipinski definition) is 0. The maximum atomic E-state index is 2.33. The van der Waals surface area contributed by atoms with E-state index in [0.717, 1.165) is 11.8 Å². The molecule has 0 radical (unpaired) electrons. The minimum atomic E-state index is 0.898. The van der Waals surface area contributed by atoms with Crippen molar-refractivity contribution in [3.05, 3.63) is 0 Å². The van der Waals surface area contributed by atoms with Crippen molar-refractivity contribution in [3.8, 4) is 0 Å². The molecule has 0 aromatic heterocycles. The molecule has 0 rings (SSSR count). The van der Waals surface area contributed by atoms with Crippen LogP contribution in [0.1, 0.15) is 91.9 Å². The van der Waals surface area contributed by atoms with Gasteiger partial charge in [-0.1, -0.05) is 91.9 Å². The van der Waals surface area contributed by atoms with Crippen molar-refractivity contribution in [2.75, 3.05) is 0 Å². The van der Waals surface area contributed by atoms with Gasteiger partial charge >= 0.3 is 0 Å². The normalized spacial score (nSPS) is 11.6. The van der Waals surface area contributed by atoms with Gasteiger partial charge in [0.15, 0.2) is 0 Å². The molecule has 0 aromatic carbocycles. The summed E-state index contributed by atoms with van der Waals surface area (Å²) >= 11 is 0. The second kappa shape index (κ2) is 11.5. The quantitative estimate of drug-likeness (QED) is 0.368. The lowest BCUT2D eigenvalue weighted by Crippen LogP contribution is -1.96. The molecule has 0 spiro atoms. The van der Waals surface area contributed by atoms with Crippen LogP contribution in [0.2, 0.25) is 0 Å². The monoisotopic (exact) mass is 226 g/mol. The van der Waals surface area contributed by atoms with Crippen LogP contribution in [0, 0.1) is 11.8 Å². The Bertz CT molecular complexity index is 122. The van der Waals surface area contributed by atoms with Crippen LogP contribution in [-0.2, 0) is 0 Å². The molecule has 0 nitrogen and oxygen atoms in total. The van der Waals surface area contributed by atoms with Gasteiger partial charge in [-0.2, -0.15) is 0 Å². The third-order valence-corrected chi connectivity index (χ3v) is 3.80. The fourth-order valence-corrected chi connectivity index (χ4v) is 2.39. The van der Waals surface area contributed by atoms with E-state index in [-0.39, 0.29) is 0 Å². The van der Waals surface area contributed by atoms with E-state index in [0.29, 0.717) is 0 Å². The van der Waals surface area contributed by atoms with Crippen molar-refractivity contribution in [3.63, 3.8) is 0 Å². The Hall–Kier alpha value is 0. The van der Waals surface area contributed by atoms with Crippen LogP contribution in [0.4, 0.5) is 0 Å². The van der Waals surface area contributed by atoms with Crippen LogP contribution in [0.5, 0.6) is 0 Å². The van der Waals surface area contributed by atoms with Gasteiger partial charge in [0, 0.05) is 0 Å². The summed E-state index contributed by atoms with van der Waals surface area (Å²) in [4.78, 5) is 0. The van der Waals surface area contributed by atoms with Crippen molar-refractivity contribution < 1.29 is 0 Å². The summed E-state index contributed by atoms with van der Waals surface area (Å²) in [6, 6.07) is 0. The standard InChI is InChI=1S/C16H34/c1-5-16(6-2)14-12-10-8-7-9-11-13-15(3)4/h15-16H,5-14H2,1-4H3. The highest BCUT2D eigenvalue weighted by Gasteiger charge is 2.02. The molecule has 0 fully saturated rings. The summed E-state index contributed by atoms with van der Waals surface area (Å²) in [5.74, 6) is 1.90. The van der Waals surface area contributed by atoms with Crippen molar-refractivity contribution in [1.82, 2.24) is 0 Å². The van der Waals surface area contributed by atoms with E-state index < -0.39 is 0 Å². The Morgan fingerprint density at radius 1 is 0.625 bits per heavy atom. The molecule has 0 aliphatic heterocycles. The molecule has 0 heteroatoms. The Balaban J connectivity index is 3.09. The average molecular weight is 226 g/mol. The molecule has 0 saturated carbocycles. The molecule has 0 amide bonds. The molecule has 0 aliphatic carbocycles. The average Bonchev–Trinajstić information content (AvgIpc) is 2.27. The molecule has 98 valence electrons. The van der Waals surface area contributed by atoms with E-state index in [4.69, 9.17) is 0 Å². The summed E-state index contributed by atoms with van der Waals surface area (Å²) in [5.41, 5.74) is 0. The van der Waals surface area contributed by atoms with E-state index in [9.17, 15) is 0 Å². The van der Waals surface area contributed by atoms with Gasteiger partial charge in [-0.25, -0.2) is 0 Å². The summed E-state index contributed by atoms with van der Waals surface area (Å²) < 4.78 is 0. The molecular weight excluding hydrogens is 192 g/mol. The summed E-state index contributed by atoms with van der Waals surface area (Å²) in [7, 11) is 0. The lowest BCUT2D eigenvalue weighted by Gasteiger charge is -2.11. The van der Waals surface area contributed by atoms with Gasteiger partial charge < -0.3 is 0 Å². The molecule has 0 atom stereocenters. The Morgan fingerprint density at radius 2 is 1.06 bits per heavy atom. The van der Waals surface area contributed by atoms with Crippen LogP contribution in [0.15, 0.2) is 0 Å². The third kappa shape index (κ3) is 10.5. The molecule has 0 aliphatic rings. The molecule has 16 heavy (non-hydrogen) atoms. The Morgan fingerprint density at radius 3 is 1.50 bits per heavy atom. The predicted molar refractivity (Wildman–Crippen MR) is 75.8 cm³/mol. The van der Waals surface area contributed by atoms with Crippen molar-refractivity contribution >= 4 is 0 Å². The van der Waals surface area contributed by atoms with Gasteiger partial charge in [0.05, 0.1) is 0 Å². The third-order valence-electron chi connectivity index (χ3n) is 3.80. The molecule has 0 saturated heterocycles. The molecule has 0 bridgehead atoms. The van der Waals surface area contributed by atoms with Crippen molar-refractivity contribution in [1.29, 1.82) is 0 Å². The highest BCUT2D eigenvalue weighted by molar-refractivity contribution is 4.55. The number of rotatable bonds is 11. The topological polar surface area (TPSA) is 0 Å². The fraction of sp³-hybridized carbons (Fsp3) is 1.00. The minimum absolute atomic E-state index is 0.898. The molecular formula is C16H34. The van der Waals surface area contributed by atoms with Crippen LogP contribution >= 0.6 is 0 Å². The maximum absolute atomic E-state index is 2.33. The van der Waals surface area contributed by atoms with E-state index in [2.05, 4.69) is 27.7 Å². The first-order valence-electron chi connectivity index (χ1n) is 7.70.